The van der Waals surface area contributed by atoms with Gasteiger partial charge in [-0.15, -0.1) is 0 Å². The summed E-state index contributed by atoms with van der Waals surface area (Å²) >= 11 is 4.06. The van der Waals surface area contributed by atoms with Gasteiger partial charge in [-0.25, -0.2) is 0 Å². The van der Waals surface area contributed by atoms with E-state index in [1.165, 1.54) is 0 Å². The molecule has 9 heavy (non-hydrogen) atoms. The number of nitrogens with two attached hydrogens (primary N) is 2. The van der Waals surface area contributed by atoms with E-state index in [4.69, 9.17) is 11.5 Å². The maximum atomic E-state index is 10.4. The summed E-state index contributed by atoms with van der Waals surface area (Å²) in [6.07, 6.45) is 0. The largest absolute Gasteiger partial charge is 0.368 e. The predicted molar refractivity (Wildman–Crippen MR) is 40.2 cm³/mol. The van der Waals surface area contributed by atoms with Crippen LogP contribution < -0.4 is 11.5 Å². The number of carbonyl (C=O) groups is 1. The number of hydrogen-bond donors (Lipinski definition) is 3. The molecule has 0 aliphatic heterocycles. The van der Waals surface area contributed by atoms with Crippen molar-refractivity contribution in [3.63, 3.8) is 0 Å². The fourth-order valence-corrected chi connectivity index (χ4v) is 0.475. The van der Waals surface area contributed by atoms with E-state index in [1.54, 1.807) is 13.8 Å². The lowest BCUT2D eigenvalue weighted by Crippen LogP contribution is -2.48. The molecule has 0 bridgehead atoms. The quantitative estimate of drug-likeness (QED) is 0.462. The van der Waals surface area contributed by atoms with Crippen molar-refractivity contribution in [2.45, 2.75) is 24.6 Å². The molecule has 0 saturated heterocycles. The highest BCUT2D eigenvalue weighted by Gasteiger charge is 2.25. The van der Waals surface area contributed by atoms with Gasteiger partial charge in [0.25, 0.3) is 0 Å². The SMILES string of the molecule is CC(C)(S)C(N)C(N)=O. The van der Waals surface area contributed by atoms with Crippen molar-refractivity contribution in [1.82, 2.24) is 0 Å². The van der Waals surface area contributed by atoms with Gasteiger partial charge in [-0.2, -0.15) is 12.6 Å². The molecule has 0 saturated carbocycles. The molecule has 0 aromatic carbocycles. The molecule has 1 amide bonds. The predicted octanol–water partition coefficient (Wildman–Crippen LogP) is -0.493. The lowest BCUT2D eigenvalue weighted by atomic mass is 10.0. The molecule has 1 unspecified atom stereocenters. The molecule has 0 aliphatic rings. The van der Waals surface area contributed by atoms with Gasteiger partial charge in [0.1, 0.15) is 0 Å². The molecule has 1 atom stereocenters. The van der Waals surface area contributed by atoms with Crippen molar-refractivity contribution in [2.24, 2.45) is 11.5 Å². The van der Waals surface area contributed by atoms with Gasteiger partial charge < -0.3 is 11.5 Å². The molecular weight excluding hydrogens is 136 g/mol. The molecule has 0 spiro atoms. The van der Waals surface area contributed by atoms with E-state index in [0.717, 1.165) is 0 Å². The molecule has 0 heterocycles. The summed E-state index contributed by atoms with van der Waals surface area (Å²) in [5, 5.41) is 0. The highest BCUT2D eigenvalue weighted by atomic mass is 32.1. The molecule has 0 radical (unpaired) electrons. The van der Waals surface area contributed by atoms with Crippen molar-refractivity contribution in [3.05, 3.63) is 0 Å². The second-order valence-corrected chi connectivity index (χ2v) is 3.69. The van der Waals surface area contributed by atoms with Crippen molar-refractivity contribution in [3.8, 4) is 0 Å². The number of carbonyl (C=O) groups excluding carboxylic acids is 1. The molecule has 0 aromatic rings. The van der Waals surface area contributed by atoms with Crippen LogP contribution in [0.2, 0.25) is 0 Å². The minimum atomic E-state index is -0.680. The van der Waals surface area contributed by atoms with E-state index >= 15 is 0 Å². The Morgan fingerprint density at radius 3 is 2.00 bits per heavy atom. The van der Waals surface area contributed by atoms with Gasteiger partial charge in [-0.3, -0.25) is 4.79 Å². The fourth-order valence-electron chi connectivity index (χ4n) is 0.348. The molecule has 3 nitrogen and oxygen atoms in total. The number of primary amides is 1. The molecular formula is C5H12N2OS. The zero-order valence-corrected chi connectivity index (χ0v) is 6.48. The number of thiol groups is 1. The van der Waals surface area contributed by atoms with Crippen molar-refractivity contribution in [2.75, 3.05) is 0 Å². The van der Waals surface area contributed by atoms with Crippen LogP contribution in [0.5, 0.6) is 0 Å². The minimum Gasteiger partial charge on any atom is -0.368 e. The van der Waals surface area contributed by atoms with Crippen molar-refractivity contribution in [1.29, 1.82) is 0 Å². The topological polar surface area (TPSA) is 69.1 Å². The van der Waals surface area contributed by atoms with Gasteiger partial charge in [0.05, 0.1) is 6.04 Å². The molecule has 0 aliphatic carbocycles. The van der Waals surface area contributed by atoms with Crippen LogP contribution >= 0.6 is 12.6 Å². The van der Waals surface area contributed by atoms with Crippen LogP contribution in [0, 0.1) is 0 Å². The zero-order chi connectivity index (χ0) is 7.65. The first-order valence-electron chi connectivity index (χ1n) is 2.63. The van der Waals surface area contributed by atoms with Crippen LogP contribution in [0.1, 0.15) is 13.8 Å². The summed E-state index contributed by atoms with van der Waals surface area (Å²) in [5.41, 5.74) is 10.3. The maximum absolute atomic E-state index is 10.4. The summed E-state index contributed by atoms with van der Waals surface area (Å²) in [6, 6.07) is -0.680. The Bertz CT molecular complexity index is 119. The van der Waals surface area contributed by atoms with Gasteiger partial charge in [0.15, 0.2) is 0 Å². The molecule has 0 aromatic heterocycles. The van der Waals surface area contributed by atoms with Crippen LogP contribution in [0.4, 0.5) is 0 Å². The van der Waals surface area contributed by atoms with E-state index in [1.807, 2.05) is 0 Å². The second-order valence-electron chi connectivity index (χ2n) is 2.53. The Morgan fingerprint density at radius 1 is 1.67 bits per heavy atom. The highest BCUT2D eigenvalue weighted by molar-refractivity contribution is 7.81. The third kappa shape index (κ3) is 2.72. The normalized spacial score (nSPS) is 15.1. The maximum Gasteiger partial charge on any atom is 0.235 e. The van der Waals surface area contributed by atoms with E-state index in [-0.39, 0.29) is 0 Å². The van der Waals surface area contributed by atoms with Gasteiger partial charge in [0.2, 0.25) is 5.91 Å². The molecule has 0 fully saturated rings. The number of hydrogen-bond acceptors (Lipinski definition) is 3. The Hall–Kier alpha value is -0.220. The average molecular weight is 148 g/mol. The molecule has 54 valence electrons. The minimum absolute atomic E-state index is 0.519. The van der Waals surface area contributed by atoms with Crippen LogP contribution in [0.25, 0.3) is 0 Å². The lowest BCUT2D eigenvalue weighted by Gasteiger charge is -2.22. The first kappa shape index (κ1) is 8.78. The first-order chi connectivity index (χ1) is 3.85. The van der Waals surface area contributed by atoms with Crippen molar-refractivity contribution < 1.29 is 4.79 Å². The van der Waals surface area contributed by atoms with Crippen LogP contribution in [-0.4, -0.2) is 16.7 Å². The first-order valence-corrected chi connectivity index (χ1v) is 3.07. The highest BCUT2D eigenvalue weighted by Crippen LogP contribution is 2.14. The number of rotatable bonds is 2. The summed E-state index contributed by atoms with van der Waals surface area (Å²) < 4.78 is -0.522. The molecule has 4 heteroatoms. The smallest absolute Gasteiger partial charge is 0.235 e. The standard InChI is InChI=1S/C5H12N2OS/c1-5(2,9)3(6)4(7)8/h3,9H,6H2,1-2H3,(H2,7,8). The second kappa shape index (κ2) is 2.58. The van der Waals surface area contributed by atoms with Gasteiger partial charge >= 0.3 is 0 Å². The van der Waals surface area contributed by atoms with Crippen LogP contribution in [-0.2, 0) is 4.79 Å². The van der Waals surface area contributed by atoms with Gasteiger partial charge in [0, 0.05) is 4.75 Å². The van der Waals surface area contributed by atoms with E-state index in [9.17, 15) is 4.79 Å². The van der Waals surface area contributed by atoms with Crippen LogP contribution in [0.3, 0.4) is 0 Å². The fraction of sp³-hybridized carbons (Fsp3) is 0.800. The summed E-state index contributed by atoms with van der Waals surface area (Å²) in [7, 11) is 0. The number of amides is 1. The third-order valence-electron chi connectivity index (χ3n) is 1.07. The van der Waals surface area contributed by atoms with E-state index in [2.05, 4.69) is 12.6 Å². The van der Waals surface area contributed by atoms with Crippen molar-refractivity contribution >= 4 is 18.5 Å². The van der Waals surface area contributed by atoms with Gasteiger partial charge in [-0.05, 0) is 13.8 Å². The monoisotopic (exact) mass is 148 g/mol. The lowest BCUT2D eigenvalue weighted by molar-refractivity contribution is -0.119. The van der Waals surface area contributed by atoms with E-state index < -0.39 is 16.7 Å². The average Bonchev–Trinajstić information content (AvgIpc) is 1.62. The summed E-state index contributed by atoms with van der Waals surface area (Å²) in [6.45, 7) is 3.48. The Morgan fingerprint density at radius 2 is 2.00 bits per heavy atom. The summed E-state index contributed by atoms with van der Waals surface area (Å²) in [4.78, 5) is 10.4. The third-order valence-corrected chi connectivity index (χ3v) is 1.35. The zero-order valence-electron chi connectivity index (χ0n) is 5.59. The van der Waals surface area contributed by atoms with Gasteiger partial charge in [-0.1, -0.05) is 0 Å². The molecule has 4 N–H and O–H groups in total. The summed E-state index contributed by atoms with van der Waals surface area (Å²) in [5.74, 6) is -0.519. The Kier molecular flexibility index (Phi) is 2.51. The Labute approximate surface area is 60.2 Å². The Balaban J connectivity index is 4.04. The van der Waals surface area contributed by atoms with E-state index in [0.29, 0.717) is 0 Å². The molecule has 0 rings (SSSR count). The van der Waals surface area contributed by atoms with Crippen LogP contribution in [0.15, 0.2) is 0 Å².